The highest BCUT2D eigenvalue weighted by molar-refractivity contribution is 6.39. The zero-order valence-electron chi connectivity index (χ0n) is 13.5. The van der Waals surface area contributed by atoms with Crippen molar-refractivity contribution >= 4 is 29.1 Å². The van der Waals surface area contributed by atoms with Gasteiger partial charge in [-0.1, -0.05) is 41.4 Å². The zero-order chi connectivity index (χ0) is 17.7. The minimum absolute atomic E-state index is 0.0687. The molecule has 2 aromatic rings. The van der Waals surface area contributed by atoms with Gasteiger partial charge in [-0.25, -0.2) is 0 Å². The van der Waals surface area contributed by atoms with E-state index in [4.69, 9.17) is 11.6 Å². The Morgan fingerprint density at radius 1 is 1.08 bits per heavy atom. The van der Waals surface area contributed by atoms with Crippen LogP contribution in [-0.2, 0) is 9.59 Å². The highest BCUT2D eigenvalue weighted by Crippen LogP contribution is 2.17. The Morgan fingerprint density at radius 3 is 2.38 bits per heavy atom. The summed E-state index contributed by atoms with van der Waals surface area (Å²) in [5, 5.41) is 15.5. The van der Waals surface area contributed by atoms with Gasteiger partial charge in [0.2, 0.25) is 0 Å². The van der Waals surface area contributed by atoms with Gasteiger partial charge in [-0.05, 0) is 43.2 Å². The molecule has 0 aliphatic heterocycles. The fraction of sp³-hybridized carbons (Fsp3) is 0.222. The molecule has 5 nitrogen and oxygen atoms in total. The number of benzene rings is 2. The maximum absolute atomic E-state index is 11.9. The molecule has 0 fully saturated rings. The SMILES string of the molecule is Cc1ccc(NC(=O)C(=O)NCC(O)c2ccc(Cl)cc2)c(C)c1. The molecule has 1 unspecified atom stereocenters. The van der Waals surface area contributed by atoms with Gasteiger partial charge in [-0.3, -0.25) is 9.59 Å². The lowest BCUT2D eigenvalue weighted by molar-refractivity contribution is -0.136. The van der Waals surface area contributed by atoms with E-state index < -0.39 is 17.9 Å². The molecule has 0 aromatic heterocycles. The summed E-state index contributed by atoms with van der Waals surface area (Å²) >= 11 is 5.78. The normalized spacial score (nSPS) is 11.7. The van der Waals surface area contributed by atoms with E-state index in [2.05, 4.69) is 10.6 Å². The molecule has 24 heavy (non-hydrogen) atoms. The summed E-state index contributed by atoms with van der Waals surface area (Å²) in [6, 6.07) is 12.1. The van der Waals surface area contributed by atoms with Crippen LogP contribution in [0.3, 0.4) is 0 Å². The molecule has 0 aliphatic rings. The molecule has 2 rings (SSSR count). The van der Waals surface area contributed by atoms with Crippen molar-refractivity contribution in [2.24, 2.45) is 0 Å². The smallest absolute Gasteiger partial charge is 0.313 e. The molecule has 2 aromatic carbocycles. The maximum atomic E-state index is 11.9. The Labute approximate surface area is 145 Å². The van der Waals surface area contributed by atoms with Gasteiger partial charge in [0, 0.05) is 17.3 Å². The van der Waals surface area contributed by atoms with Gasteiger partial charge in [0.1, 0.15) is 0 Å². The lowest BCUT2D eigenvalue weighted by Gasteiger charge is -2.13. The van der Waals surface area contributed by atoms with Crippen LogP contribution in [0.25, 0.3) is 0 Å². The summed E-state index contributed by atoms with van der Waals surface area (Å²) in [5.41, 5.74) is 3.13. The average molecular weight is 347 g/mol. The Morgan fingerprint density at radius 2 is 1.75 bits per heavy atom. The van der Waals surface area contributed by atoms with Crippen molar-refractivity contribution in [3.05, 3.63) is 64.2 Å². The second-order valence-corrected chi connectivity index (χ2v) is 5.99. The van der Waals surface area contributed by atoms with Crippen LogP contribution >= 0.6 is 11.6 Å². The van der Waals surface area contributed by atoms with E-state index in [1.807, 2.05) is 26.0 Å². The van der Waals surface area contributed by atoms with E-state index in [9.17, 15) is 14.7 Å². The molecule has 0 aliphatic carbocycles. The van der Waals surface area contributed by atoms with Gasteiger partial charge in [0.25, 0.3) is 0 Å². The summed E-state index contributed by atoms with van der Waals surface area (Å²) in [7, 11) is 0. The standard InChI is InChI=1S/C18H19ClN2O3/c1-11-3-8-15(12(2)9-11)21-18(24)17(23)20-10-16(22)13-4-6-14(19)7-5-13/h3-9,16,22H,10H2,1-2H3,(H,20,23)(H,21,24). The van der Waals surface area contributed by atoms with E-state index in [1.54, 1.807) is 30.3 Å². The number of nitrogens with one attached hydrogen (secondary N) is 2. The summed E-state index contributed by atoms with van der Waals surface area (Å²) in [4.78, 5) is 23.8. The summed E-state index contributed by atoms with van der Waals surface area (Å²) in [6.45, 7) is 3.73. The molecule has 1 atom stereocenters. The molecule has 0 heterocycles. The highest BCUT2D eigenvalue weighted by atomic mass is 35.5. The number of hydrogen-bond donors (Lipinski definition) is 3. The number of carbonyl (C=O) groups excluding carboxylic acids is 2. The number of halogens is 1. The number of anilines is 1. The van der Waals surface area contributed by atoms with E-state index in [-0.39, 0.29) is 6.54 Å². The quantitative estimate of drug-likeness (QED) is 0.745. The Balaban J connectivity index is 1.89. The topological polar surface area (TPSA) is 78.4 Å². The van der Waals surface area contributed by atoms with Gasteiger partial charge in [-0.2, -0.15) is 0 Å². The highest BCUT2D eigenvalue weighted by Gasteiger charge is 2.16. The monoisotopic (exact) mass is 346 g/mol. The zero-order valence-corrected chi connectivity index (χ0v) is 14.2. The number of carbonyl (C=O) groups is 2. The maximum Gasteiger partial charge on any atom is 0.313 e. The molecule has 0 saturated heterocycles. The van der Waals surface area contributed by atoms with Crippen LogP contribution in [-0.4, -0.2) is 23.5 Å². The first-order valence-corrected chi connectivity index (χ1v) is 7.84. The van der Waals surface area contributed by atoms with Gasteiger partial charge >= 0.3 is 11.8 Å². The Bertz CT molecular complexity index is 744. The van der Waals surface area contributed by atoms with Gasteiger partial charge in [0.15, 0.2) is 0 Å². The van der Waals surface area contributed by atoms with E-state index in [0.29, 0.717) is 16.3 Å². The Kier molecular flexibility index (Phi) is 5.95. The van der Waals surface area contributed by atoms with Crippen molar-refractivity contribution in [1.29, 1.82) is 0 Å². The molecule has 6 heteroatoms. The molecular weight excluding hydrogens is 328 g/mol. The number of rotatable bonds is 4. The number of aliphatic hydroxyl groups excluding tert-OH is 1. The van der Waals surface area contributed by atoms with Crippen LogP contribution in [0.4, 0.5) is 5.69 Å². The largest absolute Gasteiger partial charge is 0.387 e. The summed E-state index contributed by atoms with van der Waals surface area (Å²) < 4.78 is 0. The predicted octanol–water partition coefficient (Wildman–Crippen LogP) is 2.75. The van der Waals surface area contributed by atoms with Crippen molar-refractivity contribution in [3.8, 4) is 0 Å². The number of amides is 2. The molecular formula is C18H19ClN2O3. The number of aryl methyl sites for hydroxylation is 2. The van der Waals surface area contributed by atoms with E-state index in [0.717, 1.165) is 11.1 Å². The first-order chi connectivity index (χ1) is 11.4. The molecule has 3 N–H and O–H groups in total. The fourth-order valence-electron chi connectivity index (χ4n) is 2.21. The summed E-state index contributed by atoms with van der Waals surface area (Å²) in [6.07, 6.45) is -0.917. The molecule has 0 saturated carbocycles. The molecule has 0 radical (unpaired) electrons. The molecule has 126 valence electrons. The van der Waals surface area contributed by atoms with Crippen LogP contribution < -0.4 is 10.6 Å². The van der Waals surface area contributed by atoms with E-state index >= 15 is 0 Å². The van der Waals surface area contributed by atoms with Crippen molar-refractivity contribution in [1.82, 2.24) is 5.32 Å². The minimum Gasteiger partial charge on any atom is -0.387 e. The average Bonchev–Trinajstić information content (AvgIpc) is 2.55. The van der Waals surface area contributed by atoms with Crippen LogP contribution in [0.15, 0.2) is 42.5 Å². The van der Waals surface area contributed by atoms with E-state index in [1.165, 1.54) is 0 Å². The second kappa shape index (κ2) is 7.95. The van der Waals surface area contributed by atoms with Crippen LogP contribution in [0, 0.1) is 13.8 Å². The number of aliphatic hydroxyl groups is 1. The Hall–Kier alpha value is -2.37. The lowest BCUT2D eigenvalue weighted by Crippen LogP contribution is -2.37. The second-order valence-electron chi connectivity index (χ2n) is 5.55. The van der Waals surface area contributed by atoms with Crippen molar-refractivity contribution < 1.29 is 14.7 Å². The molecule has 0 bridgehead atoms. The molecule has 0 spiro atoms. The number of hydrogen-bond acceptors (Lipinski definition) is 3. The van der Waals surface area contributed by atoms with Crippen molar-refractivity contribution in [3.63, 3.8) is 0 Å². The lowest BCUT2D eigenvalue weighted by atomic mass is 10.1. The van der Waals surface area contributed by atoms with Gasteiger partial charge in [0.05, 0.1) is 6.10 Å². The van der Waals surface area contributed by atoms with Crippen LogP contribution in [0.1, 0.15) is 22.8 Å². The van der Waals surface area contributed by atoms with Gasteiger partial charge in [-0.15, -0.1) is 0 Å². The third-order valence-corrected chi connectivity index (χ3v) is 3.80. The summed E-state index contributed by atoms with van der Waals surface area (Å²) in [5.74, 6) is -1.58. The molecule has 2 amide bonds. The minimum atomic E-state index is -0.917. The fourth-order valence-corrected chi connectivity index (χ4v) is 2.33. The van der Waals surface area contributed by atoms with Crippen molar-refractivity contribution in [2.45, 2.75) is 20.0 Å². The third kappa shape index (κ3) is 4.81. The first kappa shape index (κ1) is 18.0. The third-order valence-electron chi connectivity index (χ3n) is 3.55. The van der Waals surface area contributed by atoms with Crippen LogP contribution in [0.2, 0.25) is 5.02 Å². The van der Waals surface area contributed by atoms with Crippen molar-refractivity contribution in [2.75, 3.05) is 11.9 Å². The predicted molar refractivity (Wildman–Crippen MR) is 94.0 cm³/mol. The van der Waals surface area contributed by atoms with Crippen LogP contribution in [0.5, 0.6) is 0 Å². The first-order valence-electron chi connectivity index (χ1n) is 7.47. The van der Waals surface area contributed by atoms with Gasteiger partial charge < -0.3 is 15.7 Å².